The maximum Gasteiger partial charge on any atom is 0.332 e. The number of nitrogens with two attached hydrogens (primary N) is 1. The number of fused-ring (bicyclic) bond motifs is 1. The van der Waals surface area contributed by atoms with Crippen LogP contribution >= 0.6 is 11.3 Å². The van der Waals surface area contributed by atoms with Gasteiger partial charge in [-0.25, -0.2) is 8.96 Å². The van der Waals surface area contributed by atoms with Crippen LogP contribution in [-0.2, 0) is 19.4 Å². The summed E-state index contributed by atoms with van der Waals surface area (Å²) in [5.41, 5.74) is 7.77. The third kappa shape index (κ3) is 2.45. The SMILES string of the molecule is Nc1sc2c([n+]1CC(=O)c1ccc(F)cc1)CCCC2. The van der Waals surface area contributed by atoms with Crippen LogP contribution in [-0.4, -0.2) is 5.78 Å². The summed E-state index contributed by atoms with van der Waals surface area (Å²) < 4.78 is 14.8. The smallest absolute Gasteiger partial charge is 0.290 e. The normalized spacial score (nSPS) is 14.1. The van der Waals surface area contributed by atoms with Gasteiger partial charge in [-0.05, 0) is 43.5 Å². The molecule has 3 rings (SSSR count). The molecule has 104 valence electrons. The van der Waals surface area contributed by atoms with Crippen LogP contribution in [0, 0.1) is 5.82 Å². The summed E-state index contributed by atoms with van der Waals surface area (Å²) >= 11 is 1.58. The van der Waals surface area contributed by atoms with Crippen molar-refractivity contribution in [3.63, 3.8) is 0 Å². The number of anilines is 1. The summed E-state index contributed by atoms with van der Waals surface area (Å²) in [5.74, 6) is -0.366. The summed E-state index contributed by atoms with van der Waals surface area (Å²) in [6, 6.07) is 5.66. The van der Waals surface area contributed by atoms with Gasteiger partial charge in [-0.2, -0.15) is 0 Å². The lowest BCUT2D eigenvalue weighted by atomic mass is 10.0. The van der Waals surface area contributed by atoms with E-state index in [-0.39, 0.29) is 18.1 Å². The third-order valence-corrected chi connectivity index (χ3v) is 4.79. The number of thiazole rings is 1. The standard InChI is InChI=1S/C15H15FN2OS/c16-11-7-5-10(6-8-11)13(19)9-18-12-3-1-2-4-14(12)20-15(18)17/h5-8,17H,1-4,9H2/p+1. The number of ketones is 1. The Morgan fingerprint density at radius 1 is 1.25 bits per heavy atom. The number of hydrogen-bond acceptors (Lipinski definition) is 3. The highest BCUT2D eigenvalue weighted by Gasteiger charge is 2.25. The molecule has 0 atom stereocenters. The number of benzene rings is 1. The number of carbonyl (C=O) groups excluding carboxylic acids is 1. The number of hydrogen-bond donors (Lipinski definition) is 1. The molecule has 5 heteroatoms. The minimum absolute atomic E-state index is 0.0344. The first-order valence-electron chi connectivity index (χ1n) is 6.74. The van der Waals surface area contributed by atoms with Crippen molar-refractivity contribution in [1.29, 1.82) is 0 Å². The van der Waals surface area contributed by atoms with E-state index in [1.54, 1.807) is 11.3 Å². The van der Waals surface area contributed by atoms with E-state index in [1.165, 1.54) is 41.3 Å². The van der Waals surface area contributed by atoms with Gasteiger partial charge < -0.3 is 0 Å². The highest BCUT2D eigenvalue weighted by Crippen LogP contribution is 2.26. The van der Waals surface area contributed by atoms with Crippen molar-refractivity contribution in [1.82, 2.24) is 0 Å². The van der Waals surface area contributed by atoms with Gasteiger partial charge in [0.05, 0.1) is 4.88 Å². The minimum Gasteiger partial charge on any atom is -0.290 e. The minimum atomic E-state index is -0.332. The Balaban J connectivity index is 1.86. The Morgan fingerprint density at radius 3 is 2.70 bits per heavy atom. The molecule has 0 amide bonds. The fraction of sp³-hybridized carbons (Fsp3) is 0.333. The molecule has 0 bridgehead atoms. The van der Waals surface area contributed by atoms with Gasteiger partial charge >= 0.3 is 5.13 Å². The van der Waals surface area contributed by atoms with Gasteiger partial charge in [0, 0.05) is 12.0 Å². The molecule has 0 unspecified atom stereocenters. The lowest BCUT2D eigenvalue weighted by Crippen LogP contribution is -2.43. The van der Waals surface area contributed by atoms with Crippen LogP contribution in [0.5, 0.6) is 0 Å². The summed E-state index contributed by atoms with van der Waals surface area (Å²) in [4.78, 5) is 13.6. The highest BCUT2D eigenvalue weighted by atomic mass is 32.1. The van der Waals surface area contributed by atoms with Crippen LogP contribution in [0.1, 0.15) is 33.8 Å². The van der Waals surface area contributed by atoms with E-state index in [2.05, 4.69) is 0 Å². The van der Waals surface area contributed by atoms with Gasteiger partial charge in [-0.15, -0.1) is 0 Å². The maximum atomic E-state index is 12.9. The molecular formula is C15H16FN2OS+. The van der Waals surface area contributed by atoms with Crippen LogP contribution in [0.25, 0.3) is 0 Å². The molecule has 1 heterocycles. The number of rotatable bonds is 3. The van der Waals surface area contributed by atoms with Crippen molar-refractivity contribution in [2.45, 2.75) is 32.2 Å². The van der Waals surface area contributed by atoms with Crippen LogP contribution in [0.4, 0.5) is 9.52 Å². The van der Waals surface area contributed by atoms with E-state index in [0.717, 1.165) is 19.3 Å². The van der Waals surface area contributed by atoms with Gasteiger partial charge in [-0.1, -0.05) is 11.3 Å². The zero-order valence-electron chi connectivity index (χ0n) is 11.1. The summed E-state index contributed by atoms with van der Waals surface area (Å²) in [5, 5.41) is 0.687. The second-order valence-electron chi connectivity index (χ2n) is 5.03. The van der Waals surface area contributed by atoms with Crippen LogP contribution in [0.3, 0.4) is 0 Å². The highest BCUT2D eigenvalue weighted by molar-refractivity contribution is 7.15. The van der Waals surface area contributed by atoms with Crippen molar-refractivity contribution in [3.05, 3.63) is 46.2 Å². The number of aromatic nitrogens is 1. The average Bonchev–Trinajstić information content (AvgIpc) is 2.76. The quantitative estimate of drug-likeness (QED) is 0.698. The van der Waals surface area contributed by atoms with Crippen molar-refractivity contribution < 1.29 is 13.8 Å². The zero-order chi connectivity index (χ0) is 14.1. The topological polar surface area (TPSA) is 47.0 Å². The van der Waals surface area contributed by atoms with Crippen LogP contribution < -0.4 is 10.3 Å². The predicted molar refractivity (Wildman–Crippen MR) is 76.3 cm³/mol. The molecule has 20 heavy (non-hydrogen) atoms. The van der Waals surface area contributed by atoms with Gasteiger partial charge in [0.15, 0.2) is 6.54 Å². The van der Waals surface area contributed by atoms with Crippen molar-refractivity contribution >= 4 is 22.3 Å². The number of nitrogens with zero attached hydrogens (tertiary/aromatic N) is 1. The lowest BCUT2D eigenvalue weighted by molar-refractivity contribution is -0.672. The fourth-order valence-corrected chi connectivity index (χ4v) is 3.73. The molecule has 0 fully saturated rings. The number of Topliss-reactive ketones (excluding diaryl/α,β-unsaturated/α-hetero) is 1. The van der Waals surface area contributed by atoms with Crippen molar-refractivity contribution in [2.24, 2.45) is 0 Å². The van der Waals surface area contributed by atoms with Gasteiger partial charge in [-0.3, -0.25) is 10.5 Å². The second kappa shape index (κ2) is 5.32. The Bertz CT molecular complexity index is 649. The van der Waals surface area contributed by atoms with E-state index in [9.17, 15) is 9.18 Å². The first-order chi connectivity index (χ1) is 9.65. The van der Waals surface area contributed by atoms with E-state index in [4.69, 9.17) is 5.73 Å². The second-order valence-corrected chi connectivity index (χ2v) is 6.15. The predicted octanol–water partition coefficient (Wildman–Crippen LogP) is 2.52. The Labute approximate surface area is 120 Å². The molecule has 0 saturated heterocycles. The fourth-order valence-electron chi connectivity index (χ4n) is 2.62. The average molecular weight is 291 g/mol. The molecule has 0 aliphatic heterocycles. The molecule has 1 aromatic carbocycles. The Morgan fingerprint density at radius 2 is 1.95 bits per heavy atom. The van der Waals surface area contributed by atoms with Crippen molar-refractivity contribution in [3.8, 4) is 0 Å². The van der Waals surface area contributed by atoms with Gasteiger partial charge in [0.25, 0.3) is 0 Å². The van der Waals surface area contributed by atoms with E-state index >= 15 is 0 Å². The molecule has 1 aliphatic rings. The van der Waals surface area contributed by atoms with E-state index in [1.807, 2.05) is 4.57 Å². The first-order valence-corrected chi connectivity index (χ1v) is 7.55. The molecule has 1 aromatic heterocycles. The zero-order valence-corrected chi connectivity index (χ0v) is 11.9. The van der Waals surface area contributed by atoms with Crippen LogP contribution in [0.15, 0.2) is 24.3 Å². The summed E-state index contributed by atoms with van der Waals surface area (Å²) in [7, 11) is 0. The number of carbonyl (C=O) groups is 1. The molecule has 0 saturated carbocycles. The molecule has 3 nitrogen and oxygen atoms in total. The number of aryl methyl sites for hydroxylation is 1. The van der Waals surface area contributed by atoms with Crippen molar-refractivity contribution in [2.75, 3.05) is 5.73 Å². The van der Waals surface area contributed by atoms with E-state index < -0.39 is 0 Å². The van der Waals surface area contributed by atoms with Gasteiger partial charge in [0.1, 0.15) is 11.5 Å². The summed E-state index contributed by atoms with van der Waals surface area (Å²) in [6.45, 7) is 0.239. The monoisotopic (exact) mass is 291 g/mol. The van der Waals surface area contributed by atoms with Gasteiger partial charge in [0.2, 0.25) is 5.78 Å². The largest absolute Gasteiger partial charge is 0.332 e. The summed E-state index contributed by atoms with van der Waals surface area (Å²) in [6.07, 6.45) is 4.38. The Kier molecular flexibility index (Phi) is 3.53. The lowest BCUT2D eigenvalue weighted by Gasteiger charge is -2.10. The molecule has 0 spiro atoms. The third-order valence-electron chi connectivity index (χ3n) is 3.68. The molecule has 0 radical (unpaired) electrons. The van der Waals surface area contributed by atoms with E-state index in [0.29, 0.717) is 10.7 Å². The number of halogens is 1. The first kappa shape index (κ1) is 13.2. The molecule has 2 N–H and O–H groups in total. The maximum absolute atomic E-state index is 12.9. The molecule has 2 aromatic rings. The Hall–Kier alpha value is -1.75. The number of nitrogen functional groups attached to an aromatic ring is 1. The molecule has 1 aliphatic carbocycles. The molecular weight excluding hydrogens is 275 g/mol. The van der Waals surface area contributed by atoms with Crippen LogP contribution in [0.2, 0.25) is 0 Å².